The van der Waals surface area contributed by atoms with Gasteiger partial charge in [-0.3, -0.25) is 9.59 Å². The topological polar surface area (TPSA) is 66.4 Å². The number of carboxylic acid groups (broad SMARTS) is 1. The van der Waals surface area contributed by atoms with Gasteiger partial charge in [-0.25, -0.2) is 8.78 Å². The SMILES string of the molecule is O=C(O)CCSSCCNC(=O)C(CC(F)F)C1CCC1. The lowest BCUT2D eigenvalue weighted by Crippen LogP contribution is -2.39. The van der Waals surface area contributed by atoms with Crippen molar-refractivity contribution in [3.63, 3.8) is 0 Å². The number of carbonyl (C=O) groups excluding carboxylic acids is 1. The molecule has 8 heteroatoms. The number of rotatable bonds is 11. The Balaban J connectivity index is 2.13. The first kappa shape index (κ1) is 18.5. The predicted octanol–water partition coefficient (Wildman–Crippen LogP) is 3.03. The van der Waals surface area contributed by atoms with Crippen LogP contribution in [0.3, 0.4) is 0 Å². The van der Waals surface area contributed by atoms with Gasteiger partial charge in [0.2, 0.25) is 12.3 Å². The van der Waals surface area contributed by atoms with Crippen molar-refractivity contribution in [2.75, 3.05) is 18.1 Å². The zero-order valence-electron chi connectivity index (χ0n) is 11.7. The molecule has 0 aromatic heterocycles. The first-order valence-corrected chi connectivity index (χ1v) is 9.51. The van der Waals surface area contributed by atoms with Crippen molar-refractivity contribution in [3.05, 3.63) is 0 Å². The van der Waals surface area contributed by atoms with E-state index in [0.29, 0.717) is 18.1 Å². The summed E-state index contributed by atoms with van der Waals surface area (Å²) in [5.41, 5.74) is 0. The molecule has 1 fully saturated rings. The molecule has 0 saturated heterocycles. The van der Waals surface area contributed by atoms with Gasteiger partial charge in [0.1, 0.15) is 0 Å². The van der Waals surface area contributed by atoms with E-state index >= 15 is 0 Å². The maximum Gasteiger partial charge on any atom is 0.304 e. The molecule has 1 amide bonds. The van der Waals surface area contributed by atoms with Gasteiger partial charge < -0.3 is 10.4 Å². The van der Waals surface area contributed by atoms with Crippen LogP contribution in [0.25, 0.3) is 0 Å². The van der Waals surface area contributed by atoms with Crippen LogP contribution in [0.4, 0.5) is 8.78 Å². The Bertz CT molecular complexity index is 341. The molecule has 0 aromatic rings. The summed E-state index contributed by atoms with van der Waals surface area (Å²) in [6.07, 6.45) is 0.0737. The highest BCUT2D eigenvalue weighted by atomic mass is 33.1. The molecular formula is C13H21F2NO3S2. The molecule has 0 radical (unpaired) electrons. The van der Waals surface area contributed by atoms with Crippen LogP contribution in [0.1, 0.15) is 32.1 Å². The van der Waals surface area contributed by atoms with E-state index in [-0.39, 0.29) is 24.7 Å². The number of amides is 1. The van der Waals surface area contributed by atoms with Gasteiger partial charge in [-0.15, -0.1) is 0 Å². The summed E-state index contributed by atoms with van der Waals surface area (Å²) < 4.78 is 25.0. The second-order valence-corrected chi connectivity index (χ2v) is 7.71. The van der Waals surface area contributed by atoms with Gasteiger partial charge in [0.05, 0.1) is 6.42 Å². The number of alkyl halides is 2. The molecule has 0 aliphatic heterocycles. The fourth-order valence-electron chi connectivity index (χ4n) is 2.14. The molecule has 1 aliphatic rings. The van der Waals surface area contributed by atoms with Gasteiger partial charge in [0.15, 0.2) is 0 Å². The Hall–Kier alpha value is -0.500. The number of hydrogen-bond acceptors (Lipinski definition) is 4. The van der Waals surface area contributed by atoms with E-state index in [1.165, 1.54) is 21.6 Å². The van der Waals surface area contributed by atoms with E-state index < -0.39 is 18.3 Å². The van der Waals surface area contributed by atoms with Crippen molar-refractivity contribution in [2.45, 2.75) is 38.5 Å². The zero-order valence-corrected chi connectivity index (χ0v) is 13.4. The van der Waals surface area contributed by atoms with Crippen LogP contribution >= 0.6 is 21.6 Å². The molecule has 0 bridgehead atoms. The normalized spacial score (nSPS) is 16.5. The van der Waals surface area contributed by atoms with Gasteiger partial charge >= 0.3 is 5.97 Å². The second-order valence-electron chi connectivity index (χ2n) is 5.00. The largest absolute Gasteiger partial charge is 0.481 e. The lowest BCUT2D eigenvalue weighted by Gasteiger charge is -2.32. The number of hydrogen-bond donors (Lipinski definition) is 2. The van der Waals surface area contributed by atoms with Crippen LogP contribution in [-0.2, 0) is 9.59 Å². The van der Waals surface area contributed by atoms with Crippen molar-refractivity contribution in [2.24, 2.45) is 11.8 Å². The smallest absolute Gasteiger partial charge is 0.304 e. The van der Waals surface area contributed by atoms with Crippen molar-refractivity contribution in [1.82, 2.24) is 5.32 Å². The van der Waals surface area contributed by atoms with Gasteiger partial charge in [-0.1, -0.05) is 28.0 Å². The average molecular weight is 341 g/mol. The third kappa shape index (κ3) is 7.90. The summed E-state index contributed by atoms with van der Waals surface area (Å²) in [6, 6.07) is 0. The number of carboxylic acids is 1. The van der Waals surface area contributed by atoms with Crippen LogP contribution in [0.5, 0.6) is 0 Å². The van der Waals surface area contributed by atoms with Crippen LogP contribution in [0.2, 0.25) is 0 Å². The number of halogens is 2. The van der Waals surface area contributed by atoms with Crippen molar-refractivity contribution in [1.29, 1.82) is 0 Å². The maximum absolute atomic E-state index is 12.5. The summed E-state index contributed by atoms with van der Waals surface area (Å²) >= 11 is 0. The van der Waals surface area contributed by atoms with E-state index in [9.17, 15) is 18.4 Å². The minimum atomic E-state index is -2.44. The first-order chi connectivity index (χ1) is 10.0. The molecule has 21 heavy (non-hydrogen) atoms. The van der Waals surface area contributed by atoms with Crippen molar-refractivity contribution < 1.29 is 23.5 Å². The van der Waals surface area contributed by atoms with Crippen LogP contribution < -0.4 is 5.32 Å². The van der Waals surface area contributed by atoms with Crippen LogP contribution in [0.15, 0.2) is 0 Å². The fraction of sp³-hybridized carbons (Fsp3) is 0.846. The molecular weight excluding hydrogens is 320 g/mol. The molecule has 1 atom stereocenters. The van der Waals surface area contributed by atoms with Gasteiger partial charge in [-0.05, 0) is 18.8 Å². The molecule has 1 rings (SSSR count). The number of carbonyl (C=O) groups is 2. The van der Waals surface area contributed by atoms with Crippen LogP contribution in [-0.4, -0.2) is 41.5 Å². The highest BCUT2D eigenvalue weighted by Gasteiger charge is 2.34. The minimum absolute atomic E-state index is 0.108. The Morgan fingerprint density at radius 1 is 1.24 bits per heavy atom. The van der Waals surface area contributed by atoms with E-state index in [4.69, 9.17) is 5.11 Å². The molecule has 0 spiro atoms. The summed E-state index contributed by atoms with van der Waals surface area (Å²) in [5.74, 6) is -0.394. The highest BCUT2D eigenvalue weighted by molar-refractivity contribution is 8.76. The monoisotopic (exact) mass is 341 g/mol. The molecule has 0 aromatic carbocycles. The summed E-state index contributed by atoms with van der Waals surface area (Å²) in [4.78, 5) is 22.3. The third-order valence-corrected chi connectivity index (χ3v) is 5.86. The van der Waals surface area contributed by atoms with E-state index in [0.717, 1.165) is 19.3 Å². The van der Waals surface area contributed by atoms with E-state index in [1.807, 2.05) is 0 Å². The molecule has 0 heterocycles. The van der Waals surface area contributed by atoms with Crippen molar-refractivity contribution >= 4 is 33.5 Å². The van der Waals surface area contributed by atoms with E-state index in [2.05, 4.69) is 5.32 Å². The molecule has 122 valence electrons. The molecule has 2 N–H and O–H groups in total. The summed E-state index contributed by atoms with van der Waals surface area (Å²) in [7, 11) is 2.92. The summed E-state index contributed by atoms with van der Waals surface area (Å²) in [6.45, 7) is 0.427. The van der Waals surface area contributed by atoms with Gasteiger partial charge in [0.25, 0.3) is 0 Å². The number of aliphatic carboxylic acids is 1. The molecule has 4 nitrogen and oxygen atoms in total. The van der Waals surface area contributed by atoms with Gasteiger partial charge in [-0.2, -0.15) is 0 Å². The highest BCUT2D eigenvalue weighted by Crippen LogP contribution is 2.36. The molecule has 1 aliphatic carbocycles. The molecule has 1 unspecified atom stereocenters. The summed E-state index contributed by atoms with van der Waals surface area (Å²) in [5, 5.41) is 11.2. The Morgan fingerprint density at radius 2 is 1.90 bits per heavy atom. The lowest BCUT2D eigenvalue weighted by molar-refractivity contribution is -0.136. The predicted molar refractivity (Wildman–Crippen MR) is 81.6 cm³/mol. The Labute approximate surface area is 131 Å². The van der Waals surface area contributed by atoms with Gasteiger partial charge in [0, 0.05) is 30.4 Å². The van der Waals surface area contributed by atoms with Crippen molar-refractivity contribution in [3.8, 4) is 0 Å². The average Bonchev–Trinajstić information content (AvgIpc) is 2.33. The Kier molecular flexibility index (Phi) is 9.07. The number of nitrogens with one attached hydrogen (secondary N) is 1. The van der Waals surface area contributed by atoms with E-state index in [1.54, 1.807) is 0 Å². The third-order valence-electron chi connectivity index (χ3n) is 3.45. The minimum Gasteiger partial charge on any atom is -0.481 e. The quantitative estimate of drug-likeness (QED) is 0.447. The standard InChI is InChI=1S/C13H21F2NO3S2/c14-11(15)8-10(9-2-1-3-9)13(19)16-5-7-21-20-6-4-12(17)18/h9-11H,1-8H2,(H,16,19)(H,17,18). The molecule has 1 saturated carbocycles. The first-order valence-electron chi connectivity index (χ1n) is 7.02. The zero-order chi connectivity index (χ0) is 15.7. The van der Waals surface area contributed by atoms with Crippen LogP contribution in [0, 0.1) is 11.8 Å². The Morgan fingerprint density at radius 3 is 2.43 bits per heavy atom. The lowest BCUT2D eigenvalue weighted by atomic mass is 9.74. The fourth-order valence-corrected chi connectivity index (χ4v) is 4.03. The second kappa shape index (κ2) is 10.3. The maximum atomic E-state index is 12.5.